The summed E-state index contributed by atoms with van der Waals surface area (Å²) in [6, 6.07) is 10.9. The van der Waals surface area contributed by atoms with Crippen LogP contribution in [-0.4, -0.2) is 23.6 Å². The number of benzene rings is 1. The topological polar surface area (TPSA) is 60.3 Å². The highest BCUT2D eigenvalue weighted by Gasteiger charge is 2.27. The van der Waals surface area contributed by atoms with Crippen molar-refractivity contribution in [3.63, 3.8) is 0 Å². The molecule has 0 bridgehead atoms. The first-order valence-corrected chi connectivity index (χ1v) is 8.98. The summed E-state index contributed by atoms with van der Waals surface area (Å²) in [5, 5.41) is 5.87. The molecular weight excluding hydrogens is 336 g/mol. The molecule has 1 aromatic carbocycles. The van der Waals surface area contributed by atoms with Crippen LogP contribution in [0.25, 0.3) is 10.2 Å². The van der Waals surface area contributed by atoms with Crippen molar-refractivity contribution in [3.8, 4) is 0 Å². The van der Waals surface area contributed by atoms with Gasteiger partial charge in [-0.05, 0) is 42.5 Å². The van der Waals surface area contributed by atoms with Crippen molar-refractivity contribution in [1.29, 1.82) is 0 Å². The minimum atomic E-state index is -0.496. The largest absolute Gasteiger partial charge is 0.464 e. The number of carbonyl (C=O) groups excluding carboxylic acids is 2. The molecular formula is C19H20N2O3S. The Kier molecular flexibility index (Phi) is 4.90. The number of nitrogens with one attached hydrogen (secondary N) is 1. The van der Waals surface area contributed by atoms with E-state index in [1.807, 2.05) is 49.6 Å². The summed E-state index contributed by atoms with van der Waals surface area (Å²) in [6.07, 6.45) is 0.559. The van der Waals surface area contributed by atoms with E-state index in [0.29, 0.717) is 12.1 Å². The Bertz CT molecular complexity index is 926. The van der Waals surface area contributed by atoms with E-state index >= 15 is 0 Å². The van der Waals surface area contributed by atoms with E-state index in [0.717, 1.165) is 21.5 Å². The first-order valence-electron chi connectivity index (χ1n) is 8.10. The number of thiophene rings is 1. The molecule has 0 aliphatic carbocycles. The molecule has 3 aromatic rings. The highest BCUT2D eigenvalue weighted by molar-refractivity contribution is 7.16. The van der Waals surface area contributed by atoms with E-state index in [1.54, 1.807) is 10.6 Å². The van der Waals surface area contributed by atoms with Crippen molar-refractivity contribution in [1.82, 2.24) is 4.57 Å². The van der Waals surface area contributed by atoms with Crippen LogP contribution in [0.2, 0.25) is 0 Å². The van der Waals surface area contributed by atoms with Gasteiger partial charge in [-0.3, -0.25) is 4.79 Å². The maximum absolute atomic E-state index is 12.9. The van der Waals surface area contributed by atoms with Crippen LogP contribution in [0.1, 0.15) is 35.4 Å². The van der Waals surface area contributed by atoms with Gasteiger partial charge in [-0.15, -0.1) is 11.3 Å². The molecule has 0 saturated carbocycles. The van der Waals surface area contributed by atoms with Crippen molar-refractivity contribution in [2.45, 2.75) is 26.3 Å². The van der Waals surface area contributed by atoms with Crippen LogP contribution in [0.5, 0.6) is 0 Å². The van der Waals surface area contributed by atoms with E-state index in [4.69, 9.17) is 4.74 Å². The number of methoxy groups -OCH3 is 1. The Morgan fingerprint density at radius 3 is 2.72 bits per heavy atom. The average molecular weight is 356 g/mol. The summed E-state index contributed by atoms with van der Waals surface area (Å²) in [5.41, 5.74) is 2.17. The number of carbonyl (C=O) groups is 2. The Balaban J connectivity index is 2.01. The van der Waals surface area contributed by atoms with Gasteiger partial charge in [-0.2, -0.15) is 0 Å². The predicted octanol–water partition coefficient (Wildman–Crippen LogP) is 4.39. The number of anilines is 1. The predicted molar refractivity (Wildman–Crippen MR) is 100 cm³/mol. The molecule has 1 amide bonds. The van der Waals surface area contributed by atoms with Gasteiger partial charge < -0.3 is 14.6 Å². The maximum Gasteiger partial charge on any atom is 0.354 e. The molecule has 3 rings (SSSR count). The molecule has 0 spiro atoms. The fourth-order valence-electron chi connectivity index (χ4n) is 2.93. The van der Waals surface area contributed by atoms with Crippen molar-refractivity contribution in [2.75, 3.05) is 12.4 Å². The van der Waals surface area contributed by atoms with Crippen LogP contribution in [0.15, 0.2) is 41.8 Å². The van der Waals surface area contributed by atoms with E-state index < -0.39 is 12.0 Å². The second kappa shape index (κ2) is 7.11. The SMILES string of the molecule is CC[C@@H](C(=O)Nc1ccccc1C)n1c(C(=O)OC)cc2ccsc21. The van der Waals surface area contributed by atoms with Crippen LogP contribution in [-0.2, 0) is 9.53 Å². The van der Waals surface area contributed by atoms with E-state index in [1.165, 1.54) is 18.4 Å². The van der Waals surface area contributed by atoms with E-state index in [9.17, 15) is 9.59 Å². The van der Waals surface area contributed by atoms with Crippen LogP contribution in [0.3, 0.4) is 0 Å². The zero-order valence-electron chi connectivity index (χ0n) is 14.4. The normalized spacial score (nSPS) is 12.1. The fraction of sp³-hybridized carbons (Fsp3) is 0.263. The summed E-state index contributed by atoms with van der Waals surface area (Å²) in [5.74, 6) is -0.585. The number of aryl methyl sites for hydroxylation is 1. The van der Waals surface area contributed by atoms with Crippen LogP contribution >= 0.6 is 11.3 Å². The molecule has 0 radical (unpaired) electrons. The van der Waals surface area contributed by atoms with Crippen LogP contribution < -0.4 is 5.32 Å². The second-order valence-corrected chi connectivity index (χ2v) is 6.70. The fourth-order valence-corrected chi connectivity index (χ4v) is 3.87. The molecule has 2 aromatic heterocycles. The Morgan fingerprint density at radius 1 is 1.28 bits per heavy atom. The number of amides is 1. The van der Waals surface area contributed by atoms with Crippen molar-refractivity contribution in [3.05, 3.63) is 53.0 Å². The first kappa shape index (κ1) is 17.2. The number of rotatable bonds is 5. The molecule has 0 saturated heterocycles. The van der Waals surface area contributed by atoms with Crippen LogP contribution in [0.4, 0.5) is 5.69 Å². The molecule has 130 valence electrons. The molecule has 25 heavy (non-hydrogen) atoms. The summed E-state index contributed by atoms with van der Waals surface area (Å²) in [7, 11) is 1.35. The lowest BCUT2D eigenvalue weighted by Crippen LogP contribution is -2.28. The van der Waals surface area contributed by atoms with Crippen LogP contribution in [0, 0.1) is 6.92 Å². The van der Waals surface area contributed by atoms with Gasteiger partial charge in [0.25, 0.3) is 0 Å². The number of esters is 1. The van der Waals surface area contributed by atoms with Gasteiger partial charge in [0, 0.05) is 11.1 Å². The number of fused-ring (bicyclic) bond motifs is 1. The Hall–Kier alpha value is -2.60. The maximum atomic E-state index is 12.9. The molecule has 6 heteroatoms. The average Bonchev–Trinajstić information content (AvgIpc) is 3.19. The van der Waals surface area contributed by atoms with Crippen molar-refractivity contribution < 1.29 is 14.3 Å². The van der Waals surface area contributed by atoms with E-state index in [2.05, 4.69) is 5.32 Å². The Morgan fingerprint density at radius 2 is 2.04 bits per heavy atom. The molecule has 1 atom stereocenters. The van der Waals surface area contributed by atoms with Crippen molar-refractivity contribution >= 4 is 39.1 Å². The number of ether oxygens (including phenoxy) is 1. The number of hydrogen-bond donors (Lipinski definition) is 1. The van der Waals surface area contributed by atoms with Gasteiger partial charge in [0.1, 0.15) is 16.6 Å². The smallest absolute Gasteiger partial charge is 0.354 e. The molecule has 1 N–H and O–H groups in total. The molecule has 2 heterocycles. The van der Waals surface area contributed by atoms with Crippen molar-refractivity contribution in [2.24, 2.45) is 0 Å². The lowest BCUT2D eigenvalue weighted by molar-refractivity contribution is -0.119. The number of hydrogen-bond acceptors (Lipinski definition) is 4. The molecule has 0 unspecified atom stereocenters. The summed E-state index contributed by atoms with van der Waals surface area (Å²) in [6.45, 7) is 3.88. The minimum absolute atomic E-state index is 0.146. The summed E-state index contributed by atoms with van der Waals surface area (Å²) >= 11 is 1.51. The van der Waals surface area contributed by atoms with Gasteiger partial charge in [0.15, 0.2) is 0 Å². The summed E-state index contributed by atoms with van der Waals surface area (Å²) < 4.78 is 6.69. The third-order valence-electron chi connectivity index (χ3n) is 4.24. The second-order valence-electron chi connectivity index (χ2n) is 5.80. The highest BCUT2D eigenvalue weighted by atomic mass is 32.1. The number of nitrogens with zero attached hydrogens (tertiary/aromatic N) is 1. The quantitative estimate of drug-likeness (QED) is 0.690. The van der Waals surface area contributed by atoms with Gasteiger partial charge in [0.05, 0.1) is 7.11 Å². The lowest BCUT2D eigenvalue weighted by atomic mass is 10.1. The highest BCUT2D eigenvalue weighted by Crippen LogP contribution is 2.31. The third kappa shape index (κ3) is 3.17. The zero-order chi connectivity index (χ0) is 18.0. The zero-order valence-corrected chi connectivity index (χ0v) is 15.2. The van der Waals surface area contributed by atoms with Gasteiger partial charge >= 0.3 is 5.97 Å². The standard InChI is InChI=1S/C19H20N2O3S/c1-4-15(17(22)20-14-8-6-5-7-12(14)2)21-16(19(23)24-3)11-13-9-10-25-18(13)21/h5-11,15H,4H2,1-3H3,(H,20,22)/t15-/m0/s1. The molecule has 0 fully saturated rings. The van der Waals surface area contributed by atoms with E-state index in [-0.39, 0.29) is 5.91 Å². The molecule has 0 aliphatic rings. The first-order chi connectivity index (χ1) is 12.1. The monoisotopic (exact) mass is 356 g/mol. The Labute approximate surface area is 150 Å². The third-order valence-corrected chi connectivity index (χ3v) is 5.17. The van der Waals surface area contributed by atoms with Gasteiger partial charge in [-0.25, -0.2) is 4.79 Å². The molecule has 5 nitrogen and oxygen atoms in total. The van der Waals surface area contributed by atoms with Gasteiger partial charge in [0.2, 0.25) is 5.91 Å². The number of aromatic nitrogens is 1. The molecule has 0 aliphatic heterocycles. The van der Waals surface area contributed by atoms with Gasteiger partial charge in [-0.1, -0.05) is 25.1 Å². The minimum Gasteiger partial charge on any atom is -0.464 e. The summed E-state index contributed by atoms with van der Waals surface area (Å²) in [4.78, 5) is 26.0. The lowest BCUT2D eigenvalue weighted by Gasteiger charge is -2.20. The number of para-hydroxylation sites is 1.